The molecule has 0 aliphatic carbocycles. The van der Waals surface area contributed by atoms with Crippen LogP contribution in [0.15, 0.2) is 16.1 Å². The Morgan fingerprint density at radius 1 is 1.50 bits per heavy atom. The lowest BCUT2D eigenvalue weighted by Gasteiger charge is -2.34. The summed E-state index contributed by atoms with van der Waals surface area (Å²) in [6.45, 7) is 11.5. The van der Waals surface area contributed by atoms with Crippen LogP contribution in [0, 0.1) is 0 Å². The first-order valence-electron chi connectivity index (χ1n) is 7.84. The Kier molecular flexibility index (Phi) is 7.20. The maximum Gasteiger partial charge on any atom is 0.410 e. The number of allylic oxidation sites excluding steroid dienone is 1. The number of amides is 1. The van der Waals surface area contributed by atoms with Gasteiger partial charge < -0.3 is 15.0 Å². The van der Waals surface area contributed by atoms with Gasteiger partial charge in [0.1, 0.15) is 11.4 Å². The van der Waals surface area contributed by atoms with Crippen LogP contribution in [0.4, 0.5) is 4.79 Å². The molecule has 1 amide bonds. The lowest BCUT2D eigenvalue weighted by Crippen LogP contribution is -2.50. The second kappa shape index (κ2) is 8.42. The molecule has 0 saturated carbocycles. The van der Waals surface area contributed by atoms with Crippen molar-refractivity contribution in [1.29, 1.82) is 0 Å². The molecule has 6 heteroatoms. The first-order valence-corrected chi connectivity index (χ1v) is 8.21. The van der Waals surface area contributed by atoms with Crippen LogP contribution in [0.25, 0.3) is 0 Å². The number of nitrogens with zero attached hydrogens (tertiary/aromatic N) is 2. The molecule has 1 N–H and O–H groups in total. The van der Waals surface area contributed by atoms with Crippen molar-refractivity contribution in [2.24, 2.45) is 4.99 Å². The van der Waals surface area contributed by atoms with Crippen molar-refractivity contribution in [1.82, 2.24) is 10.2 Å². The van der Waals surface area contributed by atoms with Crippen LogP contribution in [0.5, 0.6) is 0 Å². The highest BCUT2D eigenvalue weighted by Crippen LogP contribution is 2.15. The fraction of sp³-hybridized carbons (Fsp3) is 0.750. The number of hydrogen-bond acceptors (Lipinski definition) is 3. The number of piperidine rings is 1. The number of hydrogen-bond donors (Lipinski definition) is 1. The van der Waals surface area contributed by atoms with Crippen LogP contribution in [0.2, 0.25) is 0 Å². The minimum Gasteiger partial charge on any atom is -0.444 e. The van der Waals surface area contributed by atoms with E-state index in [0.717, 1.165) is 25.2 Å². The monoisotopic (exact) mass is 329 g/mol. The maximum absolute atomic E-state index is 12.2. The molecular formula is C16H28ClN3O2. The number of likely N-dealkylation sites (tertiary alicyclic amines) is 1. The van der Waals surface area contributed by atoms with Gasteiger partial charge in [-0.05, 0) is 53.5 Å². The summed E-state index contributed by atoms with van der Waals surface area (Å²) >= 11 is 5.93. The number of amidine groups is 1. The Morgan fingerprint density at radius 3 is 2.73 bits per heavy atom. The molecule has 0 radical (unpaired) electrons. The van der Waals surface area contributed by atoms with Crippen LogP contribution in [-0.2, 0) is 4.74 Å². The van der Waals surface area contributed by atoms with E-state index in [2.05, 4.69) is 10.3 Å². The third-order valence-corrected chi connectivity index (χ3v) is 3.20. The van der Waals surface area contributed by atoms with Crippen LogP contribution in [0.3, 0.4) is 0 Å². The molecule has 0 spiro atoms. The molecule has 0 aromatic carbocycles. The van der Waals surface area contributed by atoms with Crippen molar-refractivity contribution < 1.29 is 9.53 Å². The normalized spacial score (nSPS) is 20.8. The fourth-order valence-electron chi connectivity index (χ4n) is 2.29. The van der Waals surface area contributed by atoms with Crippen molar-refractivity contribution in [2.75, 3.05) is 19.6 Å². The summed E-state index contributed by atoms with van der Waals surface area (Å²) < 4.78 is 5.44. The lowest BCUT2D eigenvalue weighted by atomic mass is 10.1. The third-order valence-electron chi connectivity index (χ3n) is 3.09. The van der Waals surface area contributed by atoms with Gasteiger partial charge in [-0.25, -0.2) is 4.79 Å². The standard InChI is InChI=1S/C16H28ClN3O2/c1-6-18-14(10-12(2)17)19-13-8-7-9-20(11-13)15(21)22-16(3,4)5/h10,13H,6-9,11H2,1-5H3,(H,18,19)/b12-10+. The first kappa shape index (κ1) is 18.8. The van der Waals surface area contributed by atoms with E-state index >= 15 is 0 Å². The SMILES string of the molecule is CCN=C(/C=C(\C)Cl)NC1CCCN(C(=O)OC(C)(C)C)C1. The van der Waals surface area contributed by atoms with E-state index in [4.69, 9.17) is 16.3 Å². The molecule has 1 saturated heterocycles. The van der Waals surface area contributed by atoms with Crippen molar-refractivity contribution in [2.45, 2.75) is 59.1 Å². The fourth-order valence-corrected chi connectivity index (χ4v) is 2.39. The van der Waals surface area contributed by atoms with E-state index in [1.165, 1.54) is 0 Å². The number of rotatable bonds is 3. The molecule has 1 atom stereocenters. The second-order valence-corrected chi connectivity index (χ2v) is 7.10. The molecule has 0 aromatic heterocycles. The molecular weight excluding hydrogens is 302 g/mol. The van der Waals surface area contributed by atoms with E-state index < -0.39 is 5.60 Å². The van der Waals surface area contributed by atoms with Crippen LogP contribution in [0.1, 0.15) is 47.5 Å². The Labute approximate surface area is 138 Å². The predicted molar refractivity (Wildman–Crippen MR) is 91.6 cm³/mol. The molecule has 22 heavy (non-hydrogen) atoms. The molecule has 1 rings (SSSR count). The van der Waals surface area contributed by atoms with Gasteiger partial charge in [0.15, 0.2) is 0 Å². The lowest BCUT2D eigenvalue weighted by molar-refractivity contribution is 0.0194. The zero-order valence-electron chi connectivity index (χ0n) is 14.3. The van der Waals surface area contributed by atoms with Gasteiger partial charge in [-0.3, -0.25) is 4.99 Å². The van der Waals surface area contributed by atoms with Crippen molar-refractivity contribution >= 4 is 23.5 Å². The molecule has 0 aromatic rings. The smallest absolute Gasteiger partial charge is 0.410 e. The molecule has 126 valence electrons. The number of halogens is 1. The third kappa shape index (κ3) is 7.16. The largest absolute Gasteiger partial charge is 0.444 e. The zero-order chi connectivity index (χ0) is 16.8. The summed E-state index contributed by atoms with van der Waals surface area (Å²) in [6, 6.07) is 0.166. The van der Waals surface area contributed by atoms with E-state index in [-0.39, 0.29) is 12.1 Å². The molecule has 1 fully saturated rings. The van der Waals surface area contributed by atoms with E-state index in [1.807, 2.05) is 40.7 Å². The average molecular weight is 330 g/mol. The molecule has 1 aliphatic heterocycles. The van der Waals surface area contributed by atoms with Gasteiger partial charge >= 0.3 is 6.09 Å². The summed E-state index contributed by atoms with van der Waals surface area (Å²) in [5.74, 6) is 0.769. The quantitative estimate of drug-likeness (QED) is 0.636. The second-order valence-electron chi connectivity index (χ2n) is 6.50. The van der Waals surface area contributed by atoms with Gasteiger partial charge in [0.25, 0.3) is 0 Å². The van der Waals surface area contributed by atoms with Gasteiger partial charge in [-0.2, -0.15) is 0 Å². The number of nitrogens with one attached hydrogen (secondary N) is 1. The average Bonchev–Trinajstić information content (AvgIpc) is 2.36. The topological polar surface area (TPSA) is 53.9 Å². The van der Waals surface area contributed by atoms with Crippen LogP contribution >= 0.6 is 11.6 Å². The van der Waals surface area contributed by atoms with Crippen molar-refractivity contribution in [3.05, 3.63) is 11.1 Å². The Balaban J connectivity index is 2.64. The molecule has 1 heterocycles. The Bertz CT molecular complexity index is 437. The van der Waals surface area contributed by atoms with E-state index in [0.29, 0.717) is 18.1 Å². The summed E-state index contributed by atoms with van der Waals surface area (Å²) in [7, 11) is 0. The summed E-state index contributed by atoms with van der Waals surface area (Å²) in [5.41, 5.74) is -0.468. The number of carbonyl (C=O) groups is 1. The van der Waals surface area contributed by atoms with E-state index in [1.54, 1.807) is 4.90 Å². The highest BCUT2D eigenvalue weighted by molar-refractivity contribution is 6.30. The van der Waals surface area contributed by atoms with Crippen LogP contribution in [-0.4, -0.2) is 48.1 Å². The number of ether oxygens (including phenoxy) is 1. The molecule has 1 aliphatic rings. The maximum atomic E-state index is 12.2. The molecule has 0 bridgehead atoms. The Hall–Kier alpha value is -1.23. The molecule has 5 nitrogen and oxygen atoms in total. The number of carbonyl (C=O) groups excluding carboxylic acids is 1. The van der Waals surface area contributed by atoms with Crippen molar-refractivity contribution in [3.63, 3.8) is 0 Å². The summed E-state index contributed by atoms with van der Waals surface area (Å²) in [5, 5.41) is 4.06. The Morgan fingerprint density at radius 2 is 2.18 bits per heavy atom. The van der Waals surface area contributed by atoms with Gasteiger partial charge in [0, 0.05) is 30.7 Å². The predicted octanol–water partition coefficient (Wildman–Crippen LogP) is 3.54. The van der Waals surface area contributed by atoms with Crippen molar-refractivity contribution in [3.8, 4) is 0 Å². The summed E-state index contributed by atoms with van der Waals surface area (Å²) in [6.07, 6.45) is 3.51. The van der Waals surface area contributed by atoms with Crippen LogP contribution < -0.4 is 5.32 Å². The summed E-state index contributed by atoms with van der Waals surface area (Å²) in [4.78, 5) is 18.3. The minimum atomic E-state index is -0.468. The highest BCUT2D eigenvalue weighted by atomic mass is 35.5. The van der Waals surface area contributed by atoms with Gasteiger partial charge in [0.05, 0.1) is 0 Å². The van der Waals surface area contributed by atoms with E-state index in [9.17, 15) is 4.79 Å². The zero-order valence-corrected chi connectivity index (χ0v) is 15.0. The van der Waals surface area contributed by atoms with Gasteiger partial charge in [-0.15, -0.1) is 0 Å². The molecule has 1 unspecified atom stereocenters. The minimum absolute atomic E-state index is 0.166. The number of aliphatic imine (C=N–C) groups is 1. The van der Waals surface area contributed by atoms with Gasteiger partial charge in [0.2, 0.25) is 0 Å². The first-order chi connectivity index (χ1) is 10.2. The van der Waals surface area contributed by atoms with Gasteiger partial charge in [-0.1, -0.05) is 11.6 Å². The highest BCUT2D eigenvalue weighted by Gasteiger charge is 2.27.